The lowest BCUT2D eigenvalue weighted by Gasteiger charge is -2.35. The van der Waals surface area contributed by atoms with E-state index in [9.17, 15) is 19.2 Å². The Labute approximate surface area is 442 Å². The third-order valence-electron chi connectivity index (χ3n) is 14.4. The summed E-state index contributed by atoms with van der Waals surface area (Å²) in [5.74, 6) is 0.120. The Kier molecular flexibility index (Phi) is 13.9. The van der Waals surface area contributed by atoms with E-state index in [0.717, 1.165) is 74.5 Å². The van der Waals surface area contributed by atoms with Crippen molar-refractivity contribution in [3.8, 4) is 0 Å². The Hall–Kier alpha value is -6.56. The van der Waals surface area contributed by atoms with Crippen molar-refractivity contribution in [2.45, 2.75) is 128 Å². The number of carbonyl (C=O) groups is 4. The number of aliphatic imine (C=N–C) groups is 1. The number of hydrogen-bond acceptors (Lipinski definition) is 11. The third kappa shape index (κ3) is 10.4. The van der Waals surface area contributed by atoms with E-state index in [2.05, 4.69) is 61.7 Å². The molecule has 3 amide bonds. The van der Waals surface area contributed by atoms with Crippen molar-refractivity contribution in [1.29, 1.82) is 0 Å². The zero-order chi connectivity index (χ0) is 53.0. The van der Waals surface area contributed by atoms with Crippen LogP contribution in [-0.4, -0.2) is 100 Å². The second-order valence-corrected chi connectivity index (χ2v) is 23.5. The molecule has 2 unspecified atom stereocenters. The maximum absolute atomic E-state index is 13.6. The van der Waals surface area contributed by atoms with E-state index >= 15 is 0 Å². The number of anilines is 4. The lowest BCUT2D eigenvalue weighted by atomic mass is 9.82. The van der Waals surface area contributed by atoms with Crippen LogP contribution in [0.4, 0.5) is 32.3 Å². The number of aromatic nitrogens is 2. The minimum atomic E-state index is -0.931. The quantitative estimate of drug-likeness (QED) is 0.172. The Morgan fingerprint density at radius 2 is 1.30 bits per heavy atom. The highest BCUT2D eigenvalue weighted by Gasteiger charge is 2.59. The summed E-state index contributed by atoms with van der Waals surface area (Å²) in [6.07, 6.45) is 8.86. The number of ether oxygens (including phenoxy) is 2. The molecule has 2 atom stereocenters. The van der Waals surface area contributed by atoms with Gasteiger partial charge in [0.1, 0.15) is 22.3 Å². The van der Waals surface area contributed by atoms with E-state index < -0.39 is 52.8 Å². The fourth-order valence-corrected chi connectivity index (χ4v) is 10.3. The predicted octanol–water partition coefficient (Wildman–Crippen LogP) is 10.2. The lowest BCUT2D eigenvalue weighted by molar-refractivity contribution is -0.121. The normalized spacial score (nSPS) is 22.0. The molecule has 1 aromatic heterocycles. The second-order valence-electron chi connectivity index (χ2n) is 22.6. The van der Waals surface area contributed by atoms with E-state index in [4.69, 9.17) is 18.8 Å². The average Bonchev–Trinajstić information content (AvgIpc) is 4.22. The van der Waals surface area contributed by atoms with Crippen molar-refractivity contribution in [2.24, 2.45) is 4.99 Å². The van der Waals surface area contributed by atoms with E-state index in [0.29, 0.717) is 24.8 Å². The van der Waals surface area contributed by atoms with Gasteiger partial charge in [-0.2, -0.15) is 9.78 Å². The van der Waals surface area contributed by atoms with Gasteiger partial charge in [0, 0.05) is 71.5 Å². The van der Waals surface area contributed by atoms with E-state index in [-0.39, 0.29) is 11.8 Å². The smallest absolute Gasteiger partial charge is 0.443 e. The summed E-state index contributed by atoms with van der Waals surface area (Å²) >= 11 is 3.43. The van der Waals surface area contributed by atoms with Gasteiger partial charge < -0.3 is 33.9 Å². The number of carbonyl (C=O) groups excluding carboxylic acids is 4. The van der Waals surface area contributed by atoms with E-state index in [1.165, 1.54) is 5.56 Å². The summed E-state index contributed by atoms with van der Waals surface area (Å²) in [4.78, 5) is 61.4. The van der Waals surface area contributed by atoms with Gasteiger partial charge in [0.25, 0.3) is 11.8 Å². The van der Waals surface area contributed by atoms with E-state index in [1.807, 2.05) is 153 Å². The Balaban J connectivity index is 0.000000138. The predicted molar refractivity (Wildman–Crippen MR) is 294 cm³/mol. The summed E-state index contributed by atoms with van der Waals surface area (Å²) in [6.45, 7) is 20.9. The van der Waals surface area contributed by atoms with Crippen LogP contribution in [0.1, 0.15) is 98.8 Å². The number of rotatable bonds is 4. The highest BCUT2D eigenvalue weighted by atomic mass is 79.9. The molecule has 6 aliphatic rings. The van der Waals surface area contributed by atoms with Crippen molar-refractivity contribution in [2.75, 3.05) is 39.7 Å². The number of para-hydroxylation sites is 2. The molecular formula is C57H65BBrN7O8. The Bertz CT molecular complexity index is 2990. The second kappa shape index (κ2) is 19.6. The minimum absolute atomic E-state index is 0.0584. The molecule has 4 aromatic carbocycles. The standard InChI is InChI=1S/C22H23BrN2O3.C21H19N3O.C14H23BN2O4/c1-21(2,3)28-20(27)25-18-7-5-4-6-15(18)14-22(25)12-13-24(19(22)26)17-10-8-16(23)9-11-17;25-20-21(13-16-3-1-2-4-19(16)23-21)10-12-24(20)18-7-5-15(6-8-18)17-9-11-22-14-17;1-12(2,3)19-11(18)17-9-10(8-16-17)15-20-13(4,5)14(6,7)21-15/h4-11H,12-14H2,1-3H3;1-9,14,23H,10-13H2;8-9H,1-7H3. The van der Waals surface area contributed by atoms with Crippen molar-refractivity contribution in [3.05, 3.63) is 137 Å². The molecule has 2 spiro atoms. The zero-order valence-electron chi connectivity index (χ0n) is 43.9. The highest BCUT2D eigenvalue weighted by Crippen LogP contribution is 2.47. The number of allylic oxidation sites excluding steroid dienone is 1. The first-order valence-electron chi connectivity index (χ1n) is 25.2. The molecule has 6 aliphatic heterocycles. The number of nitrogens with zero attached hydrogens (tertiary/aromatic N) is 6. The van der Waals surface area contributed by atoms with Gasteiger partial charge in [-0.25, -0.2) is 9.59 Å². The molecule has 11 rings (SSSR count). The molecular weight excluding hydrogens is 1000 g/mol. The summed E-state index contributed by atoms with van der Waals surface area (Å²) in [5.41, 5.74) is 5.46. The van der Waals surface area contributed by atoms with Crippen LogP contribution >= 0.6 is 15.9 Å². The van der Waals surface area contributed by atoms with Crippen molar-refractivity contribution < 1.29 is 38.0 Å². The first kappa shape index (κ1) is 52.3. The molecule has 0 radical (unpaired) electrons. The van der Waals surface area contributed by atoms with Crippen molar-refractivity contribution in [3.63, 3.8) is 0 Å². The average molecular weight is 1070 g/mol. The van der Waals surface area contributed by atoms with Gasteiger partial charge in [-0.1, -0.05) is 70.5 Å². The number of halogens is 1. The zero-order valence-corrected chi connectivity index (χ0v) is 45.5. The molecule has 0 aliphatic carbocycles. The number of benzene rings is 4. The highest BCUT2D eigenvalue weighted by molar-refractivity contribution is 9.10. The molecule has 3 fully saturated rings. The molecule has 74 heavy (non-hydrogen) atoms. The van der Waals surface area contributed by atoms with E-state index in [1.54, 1.807) is 22.2 Å². The molecule has 1 N–H and O–H groups in total. The van der Waals surface area contributed by atoms with Crippen LogP contribution in [0.25, 0.3) is 5.57 Å². The van der Waals surface area contributed by atoms with Gasteiger partial charge >= 0.3 is 19.3 Å². The summed E-state index contributed by atoms with van der Waals surface area (Å²) < 4.78 is 24.9. The summed E-state index contributed by atoms with van der Waals surface area (Å²) in [7, 11) is -0.536. The minimum Gasteiger partial charge on any atom is -0.443 e. The van der Waals surface area contributed by atoms with Crippen molar-refractivity contribution >= 4 is 87.0 Å². The van der Waals surface area contributed by atoms with Crippen LogP contribution in [0.3, 0.4) is 0 Å². The molecule has 5 aromatic rings. The molecule has 386 valence electrons. The van der Waals surface area contributed by atoms with Gasteiger partial charge in [0.15, 0.2) is 0 Å². The molecule has 15 nitrogen and oxygen atoms in total. The number of fused-ring (bicyclic) bond motifs is 2. The van der Waals surface area contributed by atoms with Crippen LogP contribution in [0.15, 0.2) is 125 Å². The van der Waals surface area contributed by atoms with Crippen LogP contribution in [-0.2, 0) is 41.2 Å². The maximum atomic E-state index is 13.6. The largest absolute Gasteiger partial charge is 0.498 e. The molecule has 7 heterocycles. The first-order chi connectivity index (χ1) is 34.9. The van der Waals surface area contributed by atoms with Crippen LogP contribution in [0, 0.1) is 0 Å². The Morgan fingerprint density at radius 1 is 0.716 bits per heavy atom. The summed E-state index contributed by atoms with van der Waals surface area (Å²) in [5, 5.41) is 7.52. The Morgan fingerprint density at radius 3 is 1.92 bits per heavy atom. The lowest BCUT2D eigenvalue weighted by Crippen LogP contribution is -2.56. The van der Waals surface area contributed by atoms with Gasteiger partial charge in [-0.15, -0.1) is 0 Å². The number of nitrogens with one attached hydrogen (secondary N) is 1. The van der Waals surface area contributed by atoms with Gasteiger partial charge in [0.05, 0.1) is 23.4 Å². The third-order valence-corrected chi connectivity index (χ3v) is 14.9. The summed E-state index contributed by atoms with van der Waals surface area (Å²) in [6, 6.07) is 31.8. The van der Waals surface area contributed by atoms with Gasteiger partial charge in [-0.3, -0.25) is 19.5 Å². The van der Waals surface area contributed by atoms with Crippen molar-refractivity contribution in [1.82, 2.24) is 9.78 Å². The van der Waals surface area contributed by atoms with Crippen LogP contribution < -0.4 is 25.5 Å². The number of hydrogen-bond donors (Lipinski definition) is 1. The number of amides is 3. The maximum Gasteiger partial charge on any atom is 0.498 e. The first-order valence-corrected chi connectivity index (χ1v) is 26.0. The van der Waals surface area contributed by atoms with Gasteiger partial charge in [0.2, 0.25) is 0 Å². The fourth-order valence-electron chi connectivity index (χ4n) is 10.0. The molecule has 0 bridgehead atoms. The molecule has 0 saturated carbocycles. The topological polar surface area (TPSA) is 157 Å². The molecule has 17 heteroatoms. The monoisotopic (exact) mass is 1070 g/mol. The van der Waals surface area contributed by atoms with Crippen LogP contribution in [0.5, 0.6) is 0 Å². The van der Waals surface area contributed by atoms with Crippen LogP contribution in [0.2, 0.25) is 0 Å². The molecule has 3 saturated heterocycles. The van der Waals surface area contributed by atoms with Gasteiger partial charge in [-0.05, 0) is 153 Å². The fraction of sp³-hybridized carbons (Fsp3) is 0.404. The SMILES string of the molecule is CC(C)(C)OC(=O)N1c2ccccc2CC12CCN(c1ccc(Br)cc1)C2=O.CC(C)(C)OC(=O)n1cc(B2OC(C)(C)C(C)(C)O2)cn1.O=C1N(c2ccc(C3=CCN=C3)cc2)CCC12Cc1ccccc1N2.